The minimum atomic E-state index is -0.970. The average molecular weight is 480 g/mol. The van der Waals surface area contributed by atoms with Gasteiger partial charge in [0.2, 0.25) is 12.7 Å². The number of allylic oxidation sites excluding steroid dienone is 1. The van der Waals surface area contributed by atoms with E-state index in [1.165, 1.54) is 0 Å². The Labute approximate surface area is 211 Å². The lowest BCUT2D eigenvalue weighted by molar-refractivity contribution is -0.134. The minimum Gasteiger partial charge on any atom is -0.454 e. The largest absolute Gasteiger partial charge is 0.454 e. The van der Waals surface area contributed by atoms with Crippen molar-refractivity contribution in [1.29, 1.82) is 5.26 Å². The van der Waals surface area contributed by atoms with Crippen LogP contribution in [0.5, 0.6) is 11.5 Å². The summed E-state index contributed by atoms with van der Waals surface area (Å²) in [5.41, 5.74) is 9.28. The Kier molecular flexibility index (Phi) is 6.15. The molecule has 0 bridgehead atoms. The van der Waals surface area contributed by atoms with Crippen LogP contribution in [0.1, 0.15) is 36.5 Å². The summed E-state index contributed by atoms with van der Waals surface area (Å²) in [5.74, 6) is 0.0110. The van der Waals surface area contributed by atoms with Crippen LogP contribution in [0, 0.1) is 17.2 Å². The summed E-state index contributed by atoms with van der Waals surface area (Å²) in [6, 6.07) is 28.0. The van der Waals surface area contributed by atoms with Gasteiger partial charge in [0, 0.05) is 24.7 Å². The number of rotatable bonds is 6. The summed E-state index contributed by atoms with van der Waals surface area (Å²) >= 11 is 0. The van der Waals surface area contributed by atoms with Crippen molar-refractivity contribution in [2.24, 2.45) is 11.7 Å². The number of ether oxygens (including phenoxy) is 2. The number of hydrogen-bond donors (Lipinski definition) is 1. The highest BCUT2D eigenvalue weighted by atomic mass is 16.7. The number of hydrogen-bond acceptors (Lipinski definition) is 5. The highest BCUT2D eigenvalue weighted by Crippen LogP contribution is 2.60. The molecule has 2 aliphatic rings. The van der Waals surface area contributed by atoms with Crippen molar-refractivity contribution in [3.05, 3.63) is 107 Å². The maximum absolute atomic E-state index is 14.1. The molecule has 0 aromatic heterocycles. The molecule has 0 radical (unpaired) electrons. The van der Waals surface area contributed by atoms with Gasteiger partial charge in [-0.1, -0.05) is 66.7 Å². The molecule has 2 N–H and O–H groups in total. The van der Waals surface area contributed by atoms with Crippen LogP contribution in [-0.4, -0.2) is 30.7 Å². The Balaban J connectivity index is 1.86. The second kappa shape index (κ2) is 9.43. The molecule has 36 heavy (non-hydrogen) atoms. The molecule has 6 nitrogen and oxygen atoms in total. The first kappa shape index (κ1) is 23.5. The Bertz CT molecular complexity index is 1300. The van der Waals surface area contributed by atoms with E-state index in [2.05, 4.69) is 6.07 Å². The molecule has 0 spiro atoms. The smallest absolute Gasteiger partial charge is 0.232 e. The van der Waals surface area contributed by atoms with E-state index in [4.69, 9.17) is 15.2 Å². The van der Waals surface area contributed by atoms with Crippen molar-refractivity contribution in [3.8, 4) is 17.6 Å². The second-order valence-electron chi connectivity index (χ2n) is 9.06. The van der Waals surface area contributed by atoms with Gasteiger partial charge in [0.1, 0.15) is 0 Å². The van der Waals surface area contributed by atoms with Crippen molar-refractivity contribution in [1.82, 2.24) is 4.90 Å². The standard InChI is InChI=1S/C30H29N3O3/c1-3-33(4-2)29(34)26-27(20-15-16-24-25(17-20)36-19-35-24)30(23(18-31)28(26)32,21-11-7-5-8-12-21)22-13-9-6-10-14-22/h5-17,26-27H,3-4,19,32H2,1-2H3. The van der Waals surface area contributed by atoms with Gasteiger partial charge >= 0.3 is 0 Å². The lowest BCUT2D eigenvalue weighted by Gasteiger charge is -2.40. The van der Waals surface area contributed by atoms with Crippen LogP contribution in [-0.2, 0) is 10.2 Å². The number of benzene rings is 3. The normalized spacial score (nSPS) is 19.7. The number of nitriles is 1. The molecule has 1 amide bonds. The van der Waals surface area contributed by atoms with Crippen molar-refractivity contribution in [2.45, 2.75) is 25.2 Å². The number of amides is 1. The van der Waals surface area contributed by atoms with E-state index in [1.54, 1.807) is 4.90 Å². The van der Waals surface area contributed by atoms with Gasteiger partial charge in [0.25, 0.3) is 0 Å². The summed E-state index contributed by atoms with van der Waals surface area (Å²) in [5, 5.41) is 10.6. The molecule has 3 aromatic carbocycles. The zero-order chi connectivity index (χ0) is 25.3. The molecular formula is C30H29N3O3. The zero-order valence-electron chi connectivity index (χ0n) is 20.5. The molecule has 2 unspecified atom stereocenters. The predicted octanol–water partition coefficient (Wildman–Crippen LogP) is 4.72. The fourth-order valence-electron chi connectivity index (χ4n) is 5.89. The molecule has 0 saturated carbocycles. The molecule has 182 valence electrons. The van der Waals surface area contributed by atoms with E-state index in [0.29, 0.717) is 35.9 Å². The fraction of sp³-hybridized carbons (Fsp3) is 0.267. The third-order valence-corrected chi connectivity index (χ3v) is 7.48. The van der Waals surface area contributed by atoms with E-state index in [0.717, 1.165) is 16.7 Å². The van der Waals surface area contributed by atoms with Crippen LogP contribution in [0.15, 0.2) is 90.1 Å². The molecule has 5 rings (SSSR count). The first-order chi connectivity index (χ1) is 17.6. The highest BCUT2D eigenvalue weighted by Gasteiger charge is 2.59. The topological polar surface area (TPSA) is 88.6 Å². The number of carbonyl (C=O) groups is 1. The third-order valence-electron chi connectivity index (χ3n) is 7.48. The zero-order valence-corrected chi connectivity index (χ0v) is 20.5. The number of nitrogens with two attached hydrogens (primary N) is 1. The molecule has 1 aliphatic carbocycles. The van der Waals surface area contributed by atoms with Crippen molar-refractivity contribution in [2.75, 3.05) is 19.9 Å². The summed E-state index contributed by atoms with van der Waals surface area (Å²) in [7, 11) is 0. The monoisotopic (exact) mass is 479 g/mol. The van der Waals surface area contributed by atoms with Crippen LogP contribution in [0.3, 0.4) is 0 Å². The molecule has 1 aliphatic heterocycles. The maximum atomic E-state index is 14.1. The molecule has 2 atom stereocenters. The minimum absolute atomic E-state index is 0.0818. The summed E-state index contributed by atoms with van der Waals surface area (Å²) in [4.78, 5) is 15.9. The lowest BCUT2D eigenvalue weighted by Crippen LogP contribution is -2.43. The van der Waals surface area contributed by atoms with E-state index >= 15 is 0 Å². The second-order valence-corrected chi connectivity index (χ2v) is 9.06. The molecular weight excluding hydrogens is 450 g/mol. The predicted molar refractivity (Wildman–Crippen MR) is 137 cm³/mol. The summed E-state index contributed by atoms with van der Waals surface area (Å²) < 4.78 is 11.3. The van der Waals surface area contributed by atoms with E-state index in [1.807, 2.05) is 92.7 Å². The Morgan fingerprint density at radius 3 is 2.11 bits per heavy atom. The van der Waals surface area contributed by atoms with E-state index in [9.17, 15) is 10.1 Å². The maximum Gasteiger partial charge on any atom is 0.232 e. The Morgan fingerprint density at radius 2 is 1.56 bits per heavy atom. The van der Waals surface area contributed by atoms with E-state index in [-0.39, 0.29) is 12.7 Å². The van der Waals surface area contributed by atoms with Gasteiger partial charge in [-0.25, -0.2) is 0 Å². The number of carbonyl (C=O) groups excluding carboxylic acids is 1. The van der Waals surface area contributed by atoms with Gasteiger partial charge in [0.15, 0.2) is 11.5 Å². The molecule has 6 heteroatoms. The number of nitrogens with zero attached hydrogens (tertiary/aromatic N) is 2. The van der Waals surface area contributed by atoms with Gasteiger partial charge in [-0.3, -0.25) is 4.79 Å². The summed E-state index contributed by atoms with van der Waals surface area (Å²) in [6.07, 6.45) is 0. The molecule has 3 aromatic rings. The van der Waals surface area contributed by atoms with Gasteiger partial charge < -0.3 is 20.1 Å². The van der Waals surface area contributed by atoms with Gasteiger partial charge in [-0.2, -0.15) is 5.26 Å². The Hall–Kier alpha value is -4.24. The van der Waals surface area contributed by atoms with Crippen molar-refractivity contribution < 1.29 is 14.3 Å². The Morgan fingerprint density at radius 1 is 0.972 bits per heavy atom. The molecule has 0 saturated heterocycles. The fourth-order valence-corrected chi connectivity index (χ4v) is 5.89. The van der Waals surface area contributed by atoms with Crippen LogP contribution in [0.25, 0.3) is 0 Å². The van der Waals surface area contributed by atoms with Crippen molar-refractivity contribution >= 4 is 5.91 Å². The highest BCUT2D eigenvalue weighted by molar-refractivity contribution is 5.86. The van der Waals surface area contributed by atoms with Crippen LogP contribution < -0.4 is 15.2 Å². The quantitative estimate of drug-likeness (QED) is 0.553. The number of fused-ring (bicyclic) bond motifs is 1. The molecule has 0 fully saturated rings. The first-order valence-electron chi connectivity index (χ1n) is 12.3. The van der Waals surface area contributed by atoms with Crippen LogP contribution >= 0.6 is 0 Å². The van der Waals surface area contributed by atoms with Crippen LogP contribution in [0.2, 0.25) is 0 Å². The van der Waals surface area contributed by atoms with Crippen LogP contribution in [0.4, 0.5) is 0 Å². The summed E-state index contributed by atoms with van der Waals surface area (Å²) in [6.45, 7) is 5.17. The average Bonchev–Trinajstić information content (AvgIpc) is 3.50. The molecule has 1 heterocycles. The third kappa shape index (κ3) is 3.43. The van der Waals surface area contributed by atoms with Gasteiger partial charge in [-0.05, 0) is 42.7 Å². The van der Waals surface area contributed by atoms with Gasteiger partial charge in [-0.15, -0.1) is 0 Å². The SMILES string of the molecule is CCN(CC)C(=O)C1C(N)=C(C#N)C(c2ccccc2)(c2ccccc2)C1c1ccc2c(c1)OCO2. The lowest BCUT2D eigenvalue weighted by atomic mass is 9.61. The van der Waals surface area contributed by atoms with Crippen molar-refractivity contribution in [3.63, 3.8) is 0 Å². The first-order valence-corrected chi connectivity index (χ1v) is 12.3. The van der Waals surface area contributed by atoms with E-state index < -0.39 is 17.3 Å². The van der Waals surface area contributed by atoms with Gasteiger partial charge in [0.05, 0.1) is 23.0 Å².